The van der Waals surface area contributed by atoms with Crippen molar-refractivity contribution in [2.24, 2.45) is 0 Å². The Morgan fingerprint density at radius 2 is 1.88 bits per heavy atom. The molecule has 90 valence electrons. The Morgan fingerprint density at radius 3 is 2.53 bits per heavy atom. The molecule has 0 bridgehead atoms. The number of rotatable bonds is 5. The van der Waals surface area contributed by atoms with E-state index in [4.69, 9.17) is 4.74 Å². The van der Waals surface area contributed by atoms with E-state index < -0.39 is 0 Å². The van der Waals surface area contributed by atoms with Crippen molar-refractivity contribution in [1.82, 2.24) is 5.32 Å². The number of hydrogen-bond donors (Lipinski definition) is 1. The number of ether oxygens (including phenoxy) is 1. The lowest BCUT2D eigenvalue weighted by molar-refractivity contribution is 0.340. The first-order chi connectivity index (χ1) is 8.33. The van der Waals surface area contributed by atoms with Gasteiger partial charge in [0.05, 0.1) is 6.61 Å². The molecule has 2 aromatic rings. The molecule has 17 heavy (non-hydrogen) atoms. The normalized spacial score (nSPS) is 10.5. The van der Waals surface area contributed by atoms with Gasteiger partial charge in [0.1, 0.15) is 5.75 Å². The topological polar surface area (TPSA) is 21.3 Å². The maximum atomic E-state index is 5.43. The molecule has 1 aromatic heterocycles. The van der Waals surface area contributed by atoms with Crippen LogP contribution in [0.2, 0.25) is 0 Å². The molecule has 0 saturated heterocycles. The van der Waals surface area contributed by atoms with Crippen molar-refractivity contribution < 1.29 is 4.74 Å². The first-order valence-electron chi connectivity index (χ1n) is 5.80. The van der Waals surface area contributed by atoms with Gasteiger partial charge in [0.25, 0.3) is 0 Å². The average molecular weight is 247 g/mol. The van der Waals surface area contributed by atoms with Crippen LogP contribution in [0, 0.1) is 0 Å². The van der Waals surface area contributed by atoms with Crippen LogP contribution in [0.5, 0.6) is 5.75 Å². The van der Waals surface area contributed by atoms with Crippen LogP contribution in [0.3, 0.4) is 0 Å². The van der Waals surface area contributed by atoms with Crippen molar-refractivity contribution >= 4 is 11.3 Å². The number of thiophene rings is 1. The van der Waals surface area contributed by atoms with Crippen molar-refractivity contribution in [3.63, 3.8) is 0 Å². The molecule has 0 fully saturated rings. The third kappa shape index (κ3) is 3.08. The quantitative estimate of drug-likeness (QED) is 0.872. The molecule has 0 atom stereocenters. The SMILES string of the molecule is CCOc1ccc(-c2ccc(CNC)s2)cc1. The summed E-state index contributed by atoms with van der Waals surface area (Å²) >= 11 is 1.83. The summed E-state index contributed by atoms with van der Waals surface area (Å²) in [4.78, 5) is 2.66. The lowest BCUT2D eigenvalue weighted by Crippen LogP contribution is -2.02. The minimum absolute atomic E-state index is 0.713. The second-order valence-corrected chi connectivity index (χ2v) is 4.92. The molecular formula is C14H17NOS. The van der Waals surface area contributed by atoms with E-state index in [9.17, 15) is 0 Å². The monoisotopic (exact) mass is 247 g/mol. The van der Waals surface area contributed by atoms with Gasteiger partial charge in [-0.3, -0.25) is 0 Å². The molecule has 0 saturated carbocycles. The Morgan fingerprint density at radius 1 is 1.12 bits per heavy atom. The van der Waals surface area contributed by atoms with Gasteiger partial charge in [-0.05, 0) is 55.9 Å². The largest absolute Gasteiger partial charge is 0.494 e. The molecule has 0 aliphatic rings. The van der Waals surface area contributed by atoms with Crippen molar-refractivity contribution in [2.45, 2.75) is 13.5 Å². The van der Waals surface area contributed by atoms with Crippen molar-refractivity contribution in [2.75, 3.05) is 13.7 Å². The Bertz CT molecular complexity index is 461. The standard InChI is InChI=1S/C14H17NOS/c1-3-16-12-6-4-11(5-7-12)14-9-8-13(17-14)10-15-2/h4-9,15H,3,10H2,1-2H3. The van der Waals surface area contributed by atoms with E-state index in [1.807, 2.05) is 37.4 Å². The van der Waals surface area contributed by atoms with Crippen LogP contribution in [-0.4, -0.2) is 13.7 Å². The smallest absolute Gasteiger partial charge is 0.119 e. The van der Waals surface area contributed by atoms with Gasteiger partial charge in [-0.1, -0.05) is 0 Å². The van der Waals surface area contributed by atoms with Crippen LogP contribution in [0.1, 0.15) is 11.8 Å². The highest BCUT2D eigenvalue weighted by Crippen LogP contribution is 2.29. The summed E-state index contributed by atoms with van der Waals surface area (Å²) in [6.45, 7) is 3.64. The van der Waals surface area contributed by atoms with Gasteiger partial charge in [0.15, 0.2) is 0 Å². The minimum atomic E-state index is 0.713. The predicted molar refractivity (Wildman–Crippen MR) is 73.7 cm³/mol. The van der Waals surface area contributed by atoms with Crippen LogP contribution in [0.25, 0.3) is 10.4 Å². The molecule has 2 nitrogen and oxygen atoms in total. The van der Waals surface area contributed by atoms with Gasteiger partial charge in [0, 0.05) is 16.3 Å². The third-order valence-electron chi connectivity index (χ3n) is 2.46. The highest BCUT2D eigenvalue weighted by Gasteiger charge is 2.02. The fourth-order valence-corrected chi connectivity index (χ4v) is 2.71. The summed E-state index contributed by atoms with van der Waals surface area (Å²) in [6, 6.07) is 12.6. The first-order valence-corrected chi connectivity index (χ1v) is 6.61. The summed E-state index contributed by atoms with van der Waals surface area (Å²) in [7, 11) is 1.97. The Balaban J connectivity index is 2.15. The molecule has 0 amide bonds. The summed E-state index contributed by atoms with van der Waals surface area (Å²) in [5.74, 6) is 0.934. The minimum Gasteiger partial charge on any atom is -0.494 e. The van der Waals surface area contributed by atoms with Crippen molar-refractivity contribution in [1.29, 1.82) is 0 Å². The Labute approximate surface area is 106 Å². The lowest BCUT2D eigenvalue weighted by atomic mass is 10.2. The van der Waals surface area contributed by atoms with E-state index in [2.05, 4.69) is 29.6 Å². The van der Waals surface area contributed by atoms with Crippen LogP contribution in [-0.2, 0) is 6.54 Å². The molecule has 1 heterocycles. The lowest BCUT2D eigenvalue weighted by Gasteiger charge is -2.03. The molecule has 0 aliphatic carbocycles. The van der Waals surface area contributed by atoms with Gasteiger partial charge in [-0.15, -0.1) is 11.3 Å². The fraction of sp³-hybridized carbons (Fsp3) is 0.286. The number of benzene rings is 1. The molecule has 2 rings (SSSR count). The maximum absolute atomic E-state index is 5.43. The second kappa shape index (κ2) is 5.84. The number of nitrogens with one attached hydrogen (secondary N) is 1. The van der Waals surface area contributed by atoms with E-state index in [1.165, 1.54) is 15.3 Å². The molecule has 0 spiro atoms. The Kier molecular flexibility index (Phi) is 4.18. The molecule has 0 radical (unpaired) electrons. The van der Waals surface area contributed by atoms with Gasteiger partial charge in [0.2, 0.25) is 0 Å². The van der Waals surface area contributed by atoms with Crippen LogP contribution < -0.4 is 10.1 Å². The molecular weight excluding hydrogens is 230 g/mol. The van der Waals surface area contributed by atoms with Gasteiger partial charge in [-0.25, -0.2) is 0 Å². The van der Waals surface area contributed by atoms with Crippen molar-refractivity contribution in [3.8, 4) is 16.2 Å². The molecule has 1 N–H and O–H groups in total. The van der Waals surface area contributed by atoms with Gasteiger partial charge < -0.3 is 10.1 Å². The molecule has 0 unspecified atom stereocenters. The van der Waals surface area contributed by atoms with Crippen LogP contribution in [0.15, 0.2) is 36.4 Å². The summed E-state index contributed by atoms with van der Waals surface area (Å²) in [5, 5.41) is 3.17. The van der Waals surface area contributed by atoms with Gasteiger partial charge >= 0.3 is 0 Å². The summed E-state index contributed by atoms with van der Waals surface area (Å²) in [5.41, 5.74) is 1.25. The fourth-order valence-electron chi connectivity index (χ4n) is 1.68. The van der Waals surface area contributed by atoms with E-state index in [0.29, 0.717) is 6.61 Å². The van der Waals surface area contributed by atoms with Crippen molar-refractivity contribution in [3.05, 3.63) is 41.3 Å². The third-order valence-corrected chi connectivity index (χ3v) is 3.60. The van der Waals surface area contributed by atoms with Crippen LogP contribution >= 0.6 is 11.3 Å². The second-order valence-electron chi connectivity index (χ2n) is 3.75. The number of hydrogen-bond acceptors (Lipinski definition) is 3. The van der Waals surface area contributed by atoms with E-state index >= 15 is 0 Å². The zero-order valence-corrected chi connectivity index (χ0v) is 11.0. The average Bonchev–Trinajstić information content (AvgIpc) is 2.80. The molecule has 0 aliphatic heterocycles. The van der Waals surface area contributed by atoms with Gasteiger partial charge in [-0.2, -0.15) is 0 Å². The predicted octanol–water partition coefficient (Wildman–Crippen LogP) is 3.53. The molecule has 3 heteroatoms. The first kappa shape index (κ1) is 12.1. The van der Waals surface area contributed by atoms with E-state index in [-0.39, 0.29) is 0 Å². The zero-order valence-electron chi connectivity index (χ0n) is 10.2. The van der Waals surface area contributed by atoms with Crippen LogP contribution in [0.4, 0.5) is 0 Å². The summed E-state index contributed by atoms with van der Waals surface area (Å²) in [6.07, 6.45) is 0. The highest BCUT2D eigenvalue weighted by molar-refractivity contribution is 7.15. The van der Waals surface area contributed by atoms with E-state index in [1.54, 1.807) is 0 Å². The zero-order chi connectivity index (χ0) is 12.1. The Hall–Kier alpha value is -1.32. The van der Waals surface area contributed by atoms with E-state index in [0.717, 1.165) is 12.3 Å². The maximum Gasteiger partial charge on any atom is 0.119 e. The highest BCUT2D eigenvalue weighted by atomic mass is 32.1. The molecule has 1 aromatic carbocycles. The summed E-state index contributed by atoms with van der Waals surface area (Å²) < 4.78 is 5.43.